The van der Waals surface area contributed by atoms with Crippen LogP contribution in [0.4, 0.5) is 5.82 Å². The molecule has 0 amide bonds. The maximum atomic E-state index is 11.3. The van der Waals surface area contributed by atoms with E-state index in [-0.39, 0.29) is 5.97 Å². The Morgan fingerprint density at radius 3 is 3.00 bits per heavy atom. The van der Waals surface area contributed by atoms with E-state index in [9.17, 15) is 4.79 Å². The van der Waals surface area contributed by atoms with Gasteiger partial charge in [-0.05, 0) is 44.6 Å². The topological polar surface area (TPSA) is 78.1 Å². The van der Waals surface area contributed by atoms with Gasteiger partial charge in [-0.2, -0.15) is 0 Å². The second-order valence-corrected chi connectivity index (χ2v) is 7.69. The fourth-order valence-corrected chi connectivity index (χ4v) is 4.96. The Labute approximate surface area is 144 Å². The molecule has 2 aromatic rings. The number of thioether (sulfide) groups is 1. The molecule has 0 bridgehead atoms. The van der Waals surface area contributed by atoms with Crippen LogP contribution in [0.15, 0.2) is 5.16 Å². The average Bonchev–Trinajstić information content (AvgIpc) is 2.90. The summed E-state index contributed by atoms with van der Waals surface area (Å²) in [5, 5.41) is 1.78. The van der Waals surface area contributed by atoms with Gasteiger partial charge >= 0.3 is 5.97 Å². The Morgan fingerprint density at radius 2 is 2.17 bits per heavy atom. The van der Waals surface area contributed by atoms with E-state index in [1.807, 2.05) is 6.92 Å². The predicted molar refractivity (Wildman–Crippen MR) is 95.1 cm³/mol. The summed E-state index contributed by atoms with van der Waals surface area (Å²) in [6, 6.07) is 0. The summed E-state index contributed by atoms with van der Waals surface area (Å²) in [5.41, 5.74) is 7.55. The third-order valence-corrected chi connectivity index (χ3v) is 6.00. The minimum atomic E-state index is -0.144. The highest BCUT2D eigenvalue weighted by molar-refractivity contribution is 7.99. The zero-order valence-electron chi connectivity index (χ0n) is 13.3. The van der Waals surface area contributed by atoms with E-state index in [1.165, 1.54) is 23.3 Å². The van der Waals surface area contributed by atoms with Gasteiger partial charge in [-0.15, -0.1) is 11.3 Å². The van der Waals surface area contributed by atoms with Gasteiger partial charge in [0.2, 0.25) is 0 Å². The van der Waals surface area contributed by atoms with E-state index in [0.29, 0.717) is 24.0 Å². The van der Waals surface area contributed by atoms with E-state index in [1.54, 1.807) is 23.1 Å². The number of aromatic nitrogens is 2. The first kappa shape index (κ1) is 16.5. The van der Waals surface area contributed by atoms with Gasteiger partial charge in [-0.1, -0.05) is 11.8 Å². The van der Waals surface area contributed by atoms with Gasteiger partial charge in [0.05, 0.1) is 12.0 Å². The van der Waals surface area contributed by atoms with Crippen LogP contribution >= 0.6 is 23.1 Å². The molecule has 0 radical (unpaired) electrons. The van der Waals surface area contributed by atoms with Crippen molar-refractivity contribution in [3.63, 3.8) is 0 Å². The molecule has 5 nitrogen and oxygen atoms in total. The lowest BCUT2D eigenvalue weighted by Crippen LogP contribution is -2.04. The molecule has 0 fully saturated rings. The van der Waals surface area contributed by atoms with Crippen molar-refractivity contribution < 1.29 is 9.53 Å². The molecule has 0 unspecified atom stereocenters. The SMILES string of the molecule is CCOC(=O)CCCSc1nc(N)c2c3c(sc2n1)CCCC3. The van der Waals surface area contributed by atoms with Crippen LogP contribution in [0.3, 0.4) is 0 Å². The van der Waals surface area contributed by atoms with Gasteiger partial charge in [0.25, 0.3) is 0 Å². The number of nitrogens with two attached hydrogens (primary N) is 1. The minimum Gasteiger partial charge on any atom is -0.466 e. The Hall–Kier alpha value is -1.34. The van der Waals surface area contributed by atoms with Crippen molar-refractivity contribution in [2.75, 3.05) is 18.1 Å². The fraction of sp³-hybridized carbons (Fsp3) is 0.562. The average molecular weight is 351 g/mol. The highest BCUT2D eigenvalue weighted by atomic mass is 32.2. The second-order valence-electron chi connectivity index (χ2n) is 5.54. The van der Waals surface area contributed by atoms with E-state index < -0.39 is 0 Å². The Balaban J connectivity index is 1.67. The molecule has 0 spiro atoms. The molecule has 1 aliphatic carbocycles. The van der Waals surface area contributed by atoms with Gasteiger partial charge in [-0.25, -0.2) is 9.97 Å². The maximum Gasteiger partial charge on any atom is 0.305 e. The molecule has 124 valence electrons. The summed E-state index contributed by atoms with van der Waals surface area (Å²) in [6.07, 6.45) is 5.90. The van der Waals surface area contributed by atoms with Gasteiger partial charge in [-0.3, -0.25) is 4.79 Å². The zero-order valence-corrected chi connectivity index (χ0v) is 14.9. The van der Waals surface area contributed by atoms with Crippen LogP contribution in [0.2, 0.25) is 0 Å². The van der Waals surface area contributed by atoms with Crippen molar-refractivity contribution >= 4 is 45.1 Å². The molecule has 0 atom stereocenters. The van der Waals surface area contributed by atoms with Crippen LogP contribution in [0.1, 0.15) is 43.0 Å². The minimum absolute atomic E-state index is 0.144. The molecular weight excluding hydrogens is 330 g/mol. The highest BCUT2D eigenvalue weighted by Gasteiger charge is 2.20. The standard InChI is InChI=1S/C16H21N3O2S2/c1-2-21-12(20)8-5-9-22-16-18-14(17)13-10-6-3-4-7-11(10)23-15(13)19-16/h2-9H2,1H3,(H2,17,18,19). The summed E-state index contributed by atoms with van der Waals surface area (Å²) >= 11 is 3.31. The normalized spacial score (nSPS) is 14.0. The molecule has 0 aliphatic heterocycles. The van der Waals surface area contributed by atoms with E-state index in [4.69, 9.17) is 10.5 Å². The zero-order chi connectivity index (χ0) is 16.2. The first-order valence-electron chi connectivity index (χ1n) is 8.05. The maximum absolute atomic E-state index is 11.3. The van der Waals surface area contributed by atoms with Crippen LogP contribution in [-0.4, -0.2) is 28.3 Å². The van der Waals surface area contributed by atoms with Crippen molar-refractivity contribution in [2.24, 2.45) is 0 Å². The quantitative estimate of drug-likeness (QED) is 0.371. The van der Waals surface area contributed by atoms with E-state index >= 15 is 0 Å². The molecule has 0 aromatic carbocycles. The summed E-state index contributed by atoms with van der Waals surface area (Å²) in [7, 11) is 0. The number of hydrogen-bond donors (Lipinski definition) is 1. The van der Waals surface area contributed by atoms with Gasteiger partial charge in [0.1, 0.15) is 10.6 Å². The van der Waals surface area contributed by atoms with Crippen molar-refractivity contribution in [1.82, 2.24) is 9.97 Å². The van der Waals surface area contributed by atoms with E-state index in [0.717, 1.165) is 35.2 Å². The van der Waals surface area contributed by atoms with Crippen molar-refractivity contribution in [1.29, 1.82) is 0 Å². The molecular formula is C16H21N3O2S2. The largest absolute Gasteiger partial charge is 0.466 e. The summed E-state index contributed by atoms with van der Waals surface area (Å²) < 4.78 is 4.92. The number of aryl methyl sites for hydroxylation is 2. The third-order valence-electron chi connectivity index (χ3n) is 3.88. The number of rotatable bonds is 6. The van der Waals surface area contributed by atoms with Gasteiger partial charge in [0, 0.05) is 17.1 Å². The highest BCUT2D eigenvalue weighted by Crippen LogP contribution is 2.38. The first-order chi connectivity index (χ1) is 11.2. The number of hydrogen-bond acceptors (Lipinski definition) is 7. The monoisotopic (exact) mass is 351 g/mol. The summed E-state index contributed by atoms with van der Waals surface area (Å²) in [4.78, 5) is 22.9. The Kier molecular flexibility index (Phi) is 5.38. The number of esters is 1. The lowest BCUT2D eigenvalue weighted by molar-refractivity contribution is -0.143. The number of carbonyl (C=O) groups is 1. The second kappa shape index (κ2) is 7.49. The molecule has 23 heavy (non-hydrogen) atoms. The lowest BCUT2D eigenvalue weighted by atomic mass is 9.97. The van der Waals surface area contributed by atoms with Crippen molar-refractivity contribution in [3.05, 3.63) is 10.4 Å². The van der Waals surface area contributed by atoms with Gasteiger partial charge in [0.15, 0.2) is 5.16 Å². The fourth-order valence-electron chi connectivity index (χ4n) is 2.84. The summed E-state index contributed by atoms with van der Waals surface area (Å²) in [6.45, 7) is 2.25. The Bertz CT molecular complexity index is 715. The number of nitrogens with zero attached hydrogens (tertiary/aromatic N) is 2. The van der Waals surface area contributed by atoms with Crippen LogP contribution in [0, 0.1) is 0 Å². The molecule has 0 saturated heterocycles. The van der Waals surface area contributed by atoms with Crippen LogP contribution < -0.4 is 5.73 Å². The smallest absolute Gasteiger partial charge is 0.305 e. The number of nitrogen functional groups attached to an aromatic ring is 1. The van der Waals surface area contributed by atoms with Crippen LogP contribution in [-0.2, 0) is 22.4 Å². The lowest BCUT2D eigenvalue weighted by Gasteiger charge is -2.10. The molecule has 1 aliphatic rings. The predicted octanol–water partition coefficient (Wildman–Crippen LogP) is 3.59. The van der Waals surface area contributed by atoms with Crippen LogP contribution in [0.25, 0.3) is 10.2 Å². The molecule has 2 N–H and O–H groups in total. The number of anilines is 1. The molecule has 0 saturated carbocycles. The third kappa shape index (κ3) is 3.77. The van der Waals surface area contributed by atoms with Gasteiger partial charge < -0.3 is 10.5 Å². The number of fused-ring (bicyclic) bond motifs is 3. The number of thiophene rings is 1. The van der Waals surface area contributed by atoms with Crippen molar-refractivity contribution in [2.45, 2.75) is 50.6 Å². The number of carbonyl (C=O) groups excluding carboxylic acids is 1. The number of ether oxygens (including phenoxy) is 1. The van der Waals surface area contributed by atoms with Crippen LogP contribution in [0.5, 0.6) is 0 Å². The molecule has 7 heteroatoms. The Morgan fingerprint density at radius 1 is 1.35 bits per heavy atom. The molecule has 2 aromatic heterocycles. The molecule has 3 rings (SSSR count). The summed E-state index contributed by atoms with van der Waals surface area (Å²) in [5.74, 6) is 1.24. The van der Waals surface area contributed by atoms with Crippen molar-refractivity contribution in [3.8, 4) is 0 Å². The van der Waals surface area contributed by atoms with E-state index in [2.05, 4.69) is 9.97 Å². The molecule has 2 heterocycles. The first-order valence-corrected chi connectivity index (χ1v) is 9.85.